The van der Waals surface area contributed by atoms with Crippen molar-refractivity contribution in [1.82, 2.24) is 15.2 Å². The lowest BCUT2D eigenvalue weighted by Gasteiger charge is -2.11. The van der Waals surface area contributed by atoms with Crippen molar-refractivity contribution in [3.63, 3.8) is 0 Å². The first kappa shape index (κ1) is 18.5. The molecule has 2 N–H and O–H groups in total. The Morgan fingerprint density at radius 3 is 2.30 bits per heavy atom. The second-order valence-corrected chi connectivity index (χ2v) is 5.83. The van der Waals surface area contributed by atoms with Gasteiger partial charge in [0.2, 0.25) is 5.95 Å². The van der Waals surface area contributed by atoms with Crippen LogP contribution in [0.5, 0.6) is 17.2 Å². The maximum Gasteiger partial charge on any atom is 0.279 e. The van der Waals surface area contributed by atoms with Crippen LogP contribution in [-0.2, 0) is 0 Å². The van der Waals surface area contributed by atoms with Crippen LogP contribution >= 0.6 is 11.6 Å². The minimum Gasteiger partial charge on any atom is -0.495 e. The topological polar surface area (TPSA) is 98.4 Å². The molecule has 1 aromatic heterocycles. The second-order valence-electron chi connectivity index (χ2n) is 5.39. The Labute approximate surface area is 160 Å². The summed E-state index contributed by atoms with van der Waals surface area (Å²) in [6, 6.07) is 10.1. The summed E-state index contributed by atoms with van der Waals surface area (Å²) in [7, 11) is 4.58. The molecule has 0 saturated heterocycles. The number of hydrogen-bond donors (Lipinski definition) is 2. The molecule has 0 radical (unpaired) electrons. The van der Waals surface area contributed by atoms with E-state index in [0.717, 1.165) is 0 Å². The zero-order chi connectivity index (χ0) is 19.4. The number of ether oxygens (including phenoxy) is 3. The van der Waals surface area contributed by atoms with Gasteiger partial charge in [0.1, 0.15) is 5.75 Å². The van der Waals surface area contributed by atoms with Gasteiger partial charge in [-0.1, -0.05) is 11.6 Å². The Morgan fingerprint density at radius 2 is 1.63 bits per heavy atom. The van der Waals surface area contributed by atoms with E-state index in [0.29, 0.717) is 33.5 Å². The predicted octanol–water partition coefficient (Wildman–Crippen LogP) is 3.25. The molecule has 8 nitrogen and oxygen atoms in total. The highest BCUT2D eigenvalue weighted by Gasteiger charge is 2.13. The largest absolute Gasteiger partial charge is 0.495 e. The maximum absolute atomic E-state index is 12.5. The van der Waals surface area contributed by atoms with Crippen molar-refractivity contribution < 1.29 is 14.2 Å². The number of nitrogens with zero attached hydrogens (tertiary/aromatic N) is 2. The average Bonchev–Trinajstić information content (AvgIpc) is 2.68. The number of benzene rings is 2. The van der Waals surface area contributed by atoms with Crippen molar-refractivity contribution in [3.8, 4) is 28.5 Å². The van der Waals surface area contributed by atoms with Gasteiger partial charge in [0.25, 0.3) is 5.56 Å². The van der Waals surface area contributed by atoms with Gasteiger partial charge in [0.05, 0.1) is 27.0 Å². The molecule has 0 spiro atoms. The molecule has 0 unspecified atom stereocenters. The van der Waals surface area contributed by atoms with Gasteiger partial charge in [-0.05, 0) is 36.4 Å². The molecule has 1 heterocycles. The Kier molecular flexibility index (Phi) is 5.46. The summed E-state index contributed by atoms with van der Waals surface area (Å²) in [6.45, 7) is 0. The van der Waals surface area contributed by atoms with E-state index >= 15 is 0 Å². The highest BCUT2D eigenvalue weighted by atomic mass is 35.5. The fourth-order valence-corrected chi connectivity index (χ4v) is 2.64. The molecule has 140 valence electrons. The molecule has 0 aliphatic heterocycles. The molecule has 0 aliphatic carbocycles. The summed E-state index contributed by atoms with van der Waals surface area (Å²) in [5.74, 6) is 1.75. The Balaban J connectivity index is 1.93. The van der Waals surface area contributed by atoms with Crippen LogP contribution in [0, 0.1) is 0 Å². The molecule has 0 fully saturated rings. The van der Waals surface area contributed by atoms with Crippen LogP contribution < -0.4 is 25.1 Å². The minimum absolute atomic E-state index is 0.152. The van der Waals surface area contributed by atoms with E-state index in [-0.39, 0.29) is 11.6 Å². The molecule has 27 heavy (non-hydrogen) atoms. The van der Waals surface area contributed by atoms with Gasteiger partial charge in [-0.25, -0.2) is 0 Å². The number of methoxy groups -OCH3 is 3. The third kappa shape index (κ3) is 3.95. The Hall–Kier alpha value is -3.26. The maximum atomic E-state index is 12.5. The van der Waals surface area contributed by atoms with Crippen molar-refractivity contribution in [1.29, 1.82) is 0 Å². The van der Waals surface area contributed by atoms with Crippen molar-refractivity contribution >= 4 is 23.2 Å². The fourth-order valence-electron chi connectivity index (χ4n) is 2.47. The summed E-state index contributed by atoms with van der Waals surface area (Å²) in [4.78, 5) is 15.1. The molecule has 2 aromatic carbocycles. The summed E-state index contributed by atoms with van der Waals surface area (Å²) >= 11 is 6.00. The highest BCUT2D eigenvalue weighted by Crippen LogP contribution is 2.31. The number of anilines is 2. The monoisotopic (exact) mass is 388 g/mol. The van der Waals surface area contributed by atoms with E-state index < -0.39 is 5.56 Å². The molecule has 0 atom stereocenters. The van der Waals surface area contributed by atoms with Gasteiger partial charge >= 0.3 is 0 Å². The molecule has 0 saturated carbocycles. The summed E-state index contributed by atoms with van der Waals surface area (Å²) < 4.78 is 15.7. The molecular formula is C18H17ClN4O4. The molecule has 3 aromatic rings. The molecule has 0 bridgehead atoms. The molecular weight excluding hydrogens is 372 g/mol. The lowest BCUT2D eigenvalue weighted by Crippen LogP contribution is -2.15. The number of aromatic amines is 1. The molecule has 3 rings (SSSR count). The van der Waals surface area contributed by atoms with E-state index in [1.54, 1.807) is 36.4 Å². The first-order valence-corrected chi connectivity index (χ1v) is 8.23. The average molecular weight is 389 g/mol. The van der Waals surface area contributed by atoms with Crippen molar-refractivity contribution in [2.45, 2.75) is 0 Å². The minimum atomic E-state index is -0.416. The zero-order valence-corrected chi connectivity index (χ0v) is 15.6. The van der Waals surface area contributed by atoms with Gasteiger partial charge in [-0.2, -0.15) is 0 Å². The lowest BCUT2D eigenvalue weighted by atomic mass is 10.1. The van der Waals surface area contributed by atoms with Crippen molar-refractivity contribution in [2.24, 2.45) is 0 Å². The molecule has 0 amide bonds. The third-order valence-corrected chi connectivity index (χ3v) is 4.00. The third-order valence-electron chi connectivity index (χ3n) is 3.77. The second kappa shape index (κ2) is 7.96. The lowest BCUT2D eigenvalue weighted by molar-refractivity contribution is 0.355. The Morgan fingerprint density at radius 1 is 0.926 bits per heavy atom. The van der Waals surface area contributed by atoms with E-state index in [2.05, 4.69) is 20.5 Å². The van der Waals surface area contributed by atoms with E-state index in [9.17, 15) is 4.79 Å². The molecule has 9 heteroatoms. The standard InChI is InChI=1S/C18H17ClN4O4/c1-25-13-7-5-11(19)9-12(13)20-18-21-17(24)16(22-23-18)10-4-6-14(26-2)15(8-10)27-3/h4-9H,1-3H3,(H2,20,21,23,24). The predicted molar refractivity (Wildman–Crippen MR) is 102 cm³/mol. The van der Waals surface area contributed by atoms with Gasteiger partial charge in [0, 0.05) is 10.6 Å². The van der Waals surface area contributed by atoms with Crippen LogP contribution in [0.2, 0.25) is 5.02 Å². The van der Waals surface area contributed by atoms with Crippen LogP contribution in [0.3, 0.4) is 0 Å². The van der Waals surface area contributed by atoms with Crippen LogP contribution in [0.15, 0.2) is 41.2 Å². The van der Waals surface area contributed by atoms with E-state index in [1.165, 1.54) is 21.3 Å². The van der Waals surface area contributed by atoms with Gasteiger partial charge in [0.15, 0.2) is 17.2 Å². The summed E-state index contributed by atoms with van der Waals surface area (Å²) in [5, 5.41) is 11.5. The normalized spacial score (nSPS) is 10.4. The van der Waals surface area contributed by atoms with Crippen LogP contribution in [-0.4, -0.2) is 36.5 Å². The van der Waals surface area contributed by atoms with E-state index in [1.807, 2.05) is 0 Å². The fraction of sp³-hybridized carbons (Fsp3) is 0.167. The first-order chi connectivity index (χ1) is 13.0. The SMILES string of the molecule is COc1ccc(Cl)cc1Nc1nnc(-c2ccc(OC)c(OC)c2)c(=O)[nH]1. The van der Waals surface area contributed by atoms with Crippen molar-refractivity contribution in [2.75, 3.05) is 26.6 Å². The van der Waals surface area contributed by atoms with E-state index in [4.69, 9.17) is 25.8 Å². The highest BCUT2D eigenvalue weighted by molar-refractivity contribution is 6.31. The van der Waals surface area contributed by atoms with Gasteiger partial charge in [-0.15, -0.1) is 10.2 Å². The van der Waals surface area contributed by atoms with Crippen molar-refractivity contribution in [3.05, 3.63) is 51.8 Å². The number of hydrogen-bond acceptors (Lipinski definition) is 7. The van der Waals surface area contributed by atoms with Crippen LogP contribution in [0.4, 0.5) is 11.6 Å². The number of halogens is 1. The summed E-state index contributed by atoms with van der Waals surface area (Å²) in [5.41, 5.74) is 0.836. The zero-order valence-electron chi connectivity index (χ0n) is 14.9. The Bertz CT molecular complexity index is 1020. The summed E-state index contributed by atoms with van der Waals surface area (Å²) in [6.07, 6.45) is 0. The van der Waals surface area contributed by atoms with Crippen LogP contribution in [0.25, 0.3) is 11.3 Å². The number of rotatable bonds is 6. The quantitative estimate of drug-likeness (QED) is 0.668. The number of H-pyrrole nitrogens is 1. The first-order valence-electron chi connectivity index (χ1n) is 7.85. The molecule has 0 aliphatic rings. The number of aromatic nitrogens is 3. The smallest absolute Gasteiger partial charge is 0.279 e. The number of nitrogens with one attached hydrogen (secondary N) is 2. The van der Waals surface area contributed by atoms with Crippen LogP contribution in [0.1, 0.15) is 0 Å². The van der Waals surface area contributed by atoms with Gasteiger partial charge < -0.3 is 19.5 Å². The van der Waals surface area contributed by atoms with Gasteiger partial charge in [-0.3, -0.25) is 9.78 Å².